The molecule has 1 aliphatic rings. The second-order valence-corrected chi connectivity index (χ2v) is 4.28. The first-order chi connectivity index (χ1) is 7.48. The molecule has 0 spiro atoms. The molecule has 0 aromatic carbocycles. The van der Waals surface area contributed by atoms with Crippen LogP contribution in [0.2, 0.25) is 0 Å². The Morgan fingerprint density at radius 1 is 1.62 bits per heavy atom. The number of amides is 1. The minimum Gasteiger partial charge on any atom is -0.386 e. The molecule has 1 amide bonds. The minimum absolute atomic E-state index is 0.0250. The quantitative estimate of drug-likeness (QED) is 0.686. The summed E-state index contributed by atoms with van der Waals surface area (Å²) in [5.74, 6) is -0.179. The zero-order valence-corrected chi connectivity index (χ0v) is 8.96. The zero-order valence-electron chi connectivity index (χ0n) is 8.96. The Bertz CT molecular complexity index is 458. The van der Waals surface area contributed by atoms with E-state index >= 15 is 0 Å². The monoisotopic (exact) mass is 223 g/mol. The molecule has 16 heavy (non-hydrogen) atoms. The normalized spacial score (nSPS) is 18.0. The number of β-amino-alcohol motifs (C(OH)–C–C–N with tert-alkyl or cyclic N) is 1. The van der Waals surface area contributed by atoms with Crippen molar-refractivity contribution in [3.63, 3.8) is 0 Å². The lowest BCUT2D eigenvalue weighted by Gasteiger charge is -2.44. The van der Waals surface area contributed by atoms with Crippen molar-refractivity contribution in [2.45, 2.75) is 19.1 Å². The van der Waals surface area contributed by atoms with Gasteiger partial charge in [0.2, 0.25) is 5.91 Å². The summed E-state index contributed by atoms with van der Waals surface area (Å²) in [6.07, 6.45) is 2.91. The van der Waals surface area contributed by atoms with Crippen molar-refractivity contribution in [2.24, 2.45) is 0 Å². The summed E-state index contributed by atoms with van der Waals surface area (Å²) in [6, 6.07) is 1.60. The number of aliphatic hydroxyl groups is 1. The van der Waals surface area contributed by atoms with Crippen LogP contribution in [-0.4, -0.2) is 44.2 Å². The van der Waals surface area contributed by atoms with E-state index < -0.39 is 11.3 Å². The molecule has 1 aromatic rings. The summed E-state index contributed by atoms with van der Waals surface area (Å²) in [7, 11) is 0. The number of aromatic nitrogens is 2. The Morgan fingerprint density at radius 2 is 2.31 bits per heavy atom. The van der Waals surface area contributed by atoms with Crippen molar-refractivity contribution in [1.29, 1.82) is 0 Å². The molecule has 1 N–H and O–H groups in total. The van der Waals surface area contributed by atoms with Crippen LogP contribution in [0.25, 0.3) is 0 Å². The van der Waals surface area contributed by atoms with Gasteiger partial charge in [0.1, 0.15) is 6.54 Å². The SMILES string of the molecule is CC1(O)CN(C(=O)Cn2cccnc2=O)C1. The molecule has 0 unspecified atom stereocenters. The van der Waals surface area contributed by atoms with Gasteiger partial charge in [0, 0.05) is 12.4 Å². The van der Waals surface area contributed by atoms with Crippen LogP contribution in [0.3, 0.4) is 0 Å². The summed E-state index contributed by atoms with van der Waals surface area (Å²) in [4.78, 5) is 28.0. The number of nitrogens with zero attached hydrogens (tertiary/aromatic N) is 3. The standard InChI is InChI=1S/C10H13N3O3/c1-10(16)6-13(7-10)8(14)5-12-4-2-3-11-9(12)15/h2-4,16H,5-7H2,1H3. The van der Waals surface area contributed by atoms with E-state index in [1.54, 1.807) is 13.0 Å². The first-order valence-corrected chi connectivity index (χ1v) is 5.00. The van der Waals surface area contributed by atoms with Crippen LogP contribution >= 0.6 is 0 Å². The van der Waals surface area contributed by atoms with E-state index in [0.29, 0.717) is 13.1 Å². The van der Waals surface area contributed by atoms with Gasteiger partial charge in [-0.25, -0.2) is 9.78 Å². The van der Waals surface area contributed by atoms with Gasteiger partial charge in [-0.3, -0.25) is 9.36 Å². The molecule has 0 aliphatic carbocycles. The van der Waals surface area contributed by atoms with Crippen molar-refractivity contribution in [3.8, 4) is 0 Å². The van der Waals surface area contributed by atoms with Crippen LogP contribution in [0.15, 0.2) is 23.3 Å². The largest absolute Gasteiger partial charge is 0.386 e. The fraction of sp³-hybridized carbons (Fsp3) is 0.500. The van der Waals surface area contributed by atoms with Gasteiger partial charge < -0.3 is 10.0 Å². The summed E-state index contributed by atoms with van der Waals surface area (Å²) >= 11 is 0. The van der Waals surface area contributed by atoms with Crippen molar-refractivity contribution < 1.29 is 9.90 Å². The maximum absolute atomic E-state index is 11.7. The van der Waals surface area contributed by atoms with E-state index in [2.05, 4.69) is 4.98 Å². The third-order valence-electron chi connectivity index (χ3n) is 2.50. The van der Waals surface area contributed by atoms with Crippen molar-refractivity contribution in [3.05, 3.63) is 28.9 Å². The molecule has 2 heterocycles. The Balaban J connectivity index is 1.99. The highest BCUT2D eigenvalue weighted by Crippen LogP contribution is 2.19. The van der Waals surface area contributed by atoms with E-state index in [4.69, 9.17) is 0 Å². The second-order valence-electron chi connectivity index (χ2n) is 4.28. The van der Waals surface area contributed by atoms with Crippen LogP contribution < -0.4 is 5.69 Å². The fourth-order valence-corrected chi connectivity index (χ4v) is 1.71. The lowest BCUT2D eigenvalue weighted by atomic mass is 9.97. The van der Waals surface area contributed by atoms with E-state index in [-0.39, 0.29) is 12.5 Å². The van der Waals surface area contributed by atoms with E-state index in [1.807, 2.05) is 0 Å². The first-order valence-electron chi connectivity index (χ1n) is 5.00. The van der Waals surface area contributed by atoms with Crippen molar-refractivity contribution in [1.82, 2.24) is 14.5 Å². The molecule has 0 bridgehead atoms. The Kier molecular flexibility index (Phi) is 2.51. The highest BCUT2D eigenvalue weighted by molar-refractivity contribution is 5.77. The number of carbonyl (C=O) groups excluding carboxylic acids is 1. The third kappa shape index (κ3) is 2.11. The van der Waals surface area contributed by atoms with Gasteiger partial charge in [-0.05, 0) is 13.0 Å². The number of likely N-dealkylation sites (tertiary alicyclic amines) is 1. The molecule has 0 saturated carbocycles. The number of rotatable bonds is 2. The molecule has 0 atom stereocenters. The molecule has 86 valence electrons. The number of hydrogen-bond acceptors (Lipinski definition) is 4. The summed E-state index contributed by atoms with van der Waals surface area (Å²) in [5, 5.41) is 9.48. The van der Waals surface area contributed by atoms with Gasteiger partial charge in [0.15, 0.2) is 0 Å². The van der Waals surface area contributed by atoms with Crippen LogP contribution in [0.5, 0.6) is 0 Å². The summed E-state index contributed by atoms with van der Waals surface area (Å²) in [6.45, 7) is 2.29. The lowest BCUT2D eigenvalue weighted by molar-refractivity contribution is -0.152. The van der Waals surface area contributed by atoms with Crippen molar-refractivity contribution in [2.75, 3.05) is 13.1 Å². The maximum atomic E-state index is 11.7. The van der Waals surface area contributed by atoms with Gasteiger partial charge in [0.05, 0.1) is 18.7 Å². The smallest absolute Gasteiger partial charge is 0.347 e. The Hall–Kier alpha value is -1.69. The highest BCUT2D eigenvalue weighted by Gasteiger charge is 2.39. The van der Waals surface area contributed by atoms with Gasteiger partial charge in [-0.15, -0.1) is 0 Å². The second kappa shape index (κ2) is 3.71. The molecule has 6 nitrogen and oxygen atoms in total. The molecule has 0 radical (unpaired) electrons. The molecule has 1 aliphatic heterocycles. The summed E-state index contributed by atoms with van der Waals surface area (Å²) in [5.41, 5.74) is -1.22. The first kappa shape index (κ1) is 10.8. The predicted octanol–water partition coefficient (Wildman–Crippen LogP) is -1.16. The molecule has 1 aromatic heterocycles. The van der Waals surface area contributed by atoms with Crippen LogP contribution in [0.4, 0.5) is 0 Å². The molecule has 2 rings (SSSR count). The van der Waals surface area contributed by atoms with Crippen molar-refractivity contribution >= 4 is 5.91 Å². The number of carbonyl (C=O) groups is 1. The minimum atomic E-state index is -0.782. The topological polar surface area (TPSA) is 75.4 Å². The molecule has 1 fully saturated rings. The maximum Gasteiger partial charge on any atom is 0.347 e. The Labute approximate surface area is 92.1 Å². The molecular weight excluding hydrogens is 210 g/mol. The van der Waals surface area contributed by atoms with E-state index in [9.17, 15) is 14.7 Å². The Morgan fingerprint density at radius 3 is 2.88 bits per heavy atom. The highest BCUT2D eigenvalue weighted by atomic mass is 16.3. The van der Waals surface area contributed by atoms with E-state index in [0.717, 1.165) is 0 Å². The number of hydrogen-bond donors (Lipinski definition) is 1. The average molecular weight is 223 g/mol. The van der Waals surface area contributed by atoms with Gasteiger partial charge in [0.25, 0.3) is 0 Å². The van der Waals surface area contributed by atoms with Gasteiger partial charge >= 0.3 is 5.69 Å². The zero-order chi connectivity index (χ0) is 11.8. The molecular formula is C10H13N3O3. The van der Waals surface area contributed by atoms with Crippen LogP contribution in [-0.2, 0) is 11.3 Å². The van der Waals surface area contributed by atoms with E-state index in [1.165, 1.54) is 21.9 Å². The summed E-state index contributed by atoms with van der Waals surface area (Å²) < 4.78 is 1.25. The molecule has 6 heteroatoms. The van der Waals surface area contributed by atoms with Crippen LogP contribution in [0, 0.1) is 0 Å². The lowest BCUT2D eigenvalue weighted by Crippen LogP contribution is -2.62. The van der Waals surface area contributed by atoms with Crippen LogP contribution in [0.1, 0.15) is 6.92 Å². The predicted molar refractivity (Wildman–Crippen MR) is 55.7 cm³/mol. The molecule has 1 saturated heterocycles. The third-order valence-corrected chi connectivity index (χ3v) is 2.50. The average Bonchev–Trinajstić information content (AvgIpc) is 2.17. The van der Waals surface area contributed by atoms with Gasteiger partial charge in [-0.2, -0.15) is 0 Å². The van der Waals surface area contributed by atoms with Gasteiger partial charge in [-0.1, -0.05) is 0 Å². The fourth-order valence-electron chi connectivity index (χ4n) is 1.71.